The van der Waals surface area contributed by atoms with Crippen LogP contribution in [0.5, 0.6) is 0 Å². The van der Waals surface area contributed by atoms with Gasteiger partial charge in [0, 0.05) is 6.04 Å². The maximum atomic E-state index is 11.9. The van der Waals surface area contributed by atoms with E-state index in [0.717, 1.165) is 38.3 Å². The Labute approximate surface area is 112 Å². The number of nitrogens with one attached hydrogen (secondary N) is 2. The van der Waals surface area contributed by atoms with Crippen LogP contribution in [0.1, 0.15) is 46.5 Å². The summed E-state index contributed by atoms with van der Waals surface area (Å²) < 4.78 is 26.7. The van der Waals surface area contributed by atoms with Crippen LogP contribution in [0.25, 0.3) is 0 Å². The highest BCUT2D eigenvalue weighted by atomic mass is 32.2. The first-order chi connectivity index (χ1) is 8.44. The van der Waals surface area contributed by atoms with Gasteiger partial charge in [-0.3, -0.25) is 0 Å². The number of hydrogen-bond donors (Lipinski definition) is 2. The largest absolute Gasteiger partial charge is 0.317 e. The Morgan fingerprint density at radius 1 is 1.17 bits per heavy atom. The third kappa shape index (κ3) is 5.67. The van der Waals surface area contributed by atoms with E-state index in [4.69, 9.17) is 0 Å². The van der Waals surface area contributed by atoms with E-state index in [-0.39, 0.29) is 11.8 Å². The minimum atomic E-state index is -3.09. The average molecular weight is 276 g/mol. The van der Waals surface area contributed by atoms with Crippen LogP contribution in [0.4, 0.5) is 0 Å². The van der Waals surface area contributed by atoms with Crippen molar-refractivity contribution in [2.45, 2.75) is 52.5 Å². The van der Waals surface area contributed by atoms with Gasteiger partial charge in [0.05, 0.1) is 5.75 Å². The van der Waals surface area contributed by atoms with Gasteiger partial charge in [-0.15, -0.1) is 0 Å². The van der Waals surface area contributed by atoms with E-state index in [9.17, 15) is 8.42 Å². The van der Waals surface area contributed by atoms with Crippen molar-refractivity contribution >= 4 is 10.0 Å². The van der Waals surface area contributed by atoms with E-state index < -0.39 is 10.0 Å². The van der Waals surface area contributed by atoms with E-state index in [1.165, 1.54) is 0 Å². The summed E-state index contributed by atoms with van der Waals surface area (Å²) in [5, 5.41) is 3.15. The Balaban J connectivity index is 2.32. The maximum Gasteiger partial charge on any atom is 0.211 e. The highest BCUT2D eigenvalue weighted by Gasteiger charge is 2.27. The molecule has 1 aliphatic carbocycles. The lowest BCUT2D eigenvalue weighted by atomic mass is 9.79. The molecule has 0 aromatic heterocycles. The average Bonchev–Trinajstić information content (AvgIpc) is 2.29. The fourth-order valence-corrected chi connectivity index (χ4v) is 3.90. The van der Waals surface area contributed by atoms with Crippen LogP contribution in [0.3, 0.4) is 0 Å². The normalized spacial score (nSPS) is 29.4. The Kier molecular flexibility index (Phi) is 6.60. The zero-order valence-electron chi connectivity index (χ0n) is 11.9. The maximum absolute atomic E-state index is 11.9. The van der Waals surface area contributed by atoms with E-state index in [2.05, 4.69) is 23.9 Å². The predicted octanol–water partition coefficient (Wildman–Crippen LogP) is 1.73. The number of rotatable bonds is 7. The molecule has 108 valence electrons. The lowest BCUT2D eigenvalue weighted by molar-refractivity contribution is 0.242. The third-order valence-electron chi connectivity index (χ3n) is 3.96. The molecule has 0 spiro atoms. The second-order valence-electron chi connectivity index (χ2n) is 5.61. The van der Waals surface area contributed by atoms with Crippen molar-refractivity contribution in [3.05, 3.63) is 0 Å². The van der Waals surface area contributed by atoms with Crippen LogP contribution in [-0.4, -0.2) is 33.3 Å². The zero-order chi connectivity index (χ0) is 13.6. The molecule has 4 nitrogen and oxygen atoms in total. The minimum Gasteiger partial charge on any atom is -0.317 e. The SMILES string of the molecule is CCNCCCS(=O)(=O)NC1CCC(C)C(C)C1. The van der Waals surface area contributed by atoms with Gasteiger partial charge in [-0.25, -0.2) is 13.1 Å². The second-order valence-corrected chi connectivity index (χ2v) is 7.48. The van der Waals surface area contributed by atoms with Gasteiger partial charge >= 0.3 is 0 Å². The molecule has 2 N–H and O–H groups in total. The van der Waals surface area contributed by atoms with Crippen LogP contribution in [0.15, 0.2) is 0 Å². The molecule has 1 fully saturated rings. The van der Waals surface area contributed by atoms with Gasteiger partial charge in [0.1, 0.15) is 0 Å². The molecule has 0 aromatic carbocycles. The van der Waals surface area contributed by atoms with Crippen LogP contribution >= 0.6 is 0 Å². The quantitative estimate of drug-likeness (QED) is 0.696. The van der Waals surface area contributed by atoms with Gasteiger partial charge in [-0.05, 0) is 50.6 Å². The smallest absolute Gasteiger partial charge is 0.211 e. The first-order valence-electron chi connectivity index (χ1n) is 7.15. The molecule has 3 unspecified atom stereocenters. The first-order valence-corrected chi connectivity index (χ1v) is 8.80. The highest BCUT2D eigenvalue weighted by molar-refractivity contribution is 7.89. The van der Waals surface area contributed by atoms with Crippen LogP contribution in [-0.2, 0) is 10.0 Å². The molecule has 0 aromatic rings. The molecule has 0 saturated heterocycles. The van der Waals surface area contributed by atoms with Crippen molar-refractivity contribution in [1.82, 2.24) is 10.0 Å². The Morgan fingerprint density at radius 3 is 2.50 bits per heavy atom. The Hall–Kier alpha value is -0.130. The predicted molar refractivity (Wildman–Crippen MR) is 76.1 cm³/mol. The number of hydrogen-bond acceptors (Lipinski definition) is 3. The second kappa shape index (κ2) is 7.46. The van der Waals surface area contributed by atoms with Crippen LogP contribution in [0, 0.1) is 11.8 Å². The van der Waals surface area contributed by atoms with Gasteiger partial charge in [-0.1, -0.05) is 20.8 Å². The molecule has 5 heteroatoms. The van der Waals surface area contributed by atoms with Crippen molar-refractivity contribution in [3.63, 3.8) is 0 Å². The third-order valence-corrected chi connectivity index (χ3v) is 5.48. The fraction of sp³-hybridized carbons (Fsp3) is 1.00. The number of sulfonamides is 1. The van der Waals surface area contributed by atoms with E-state index in [1.54, 1.807) is 0 Å². The molecule has 1 rings (SSSR count). The van der Waals surface area contributed by atoms with Gasteiger partial charge in [0.2, 0.25) is 10.0 Å². The van der Waals surface area contributed by atoms with Crippen molar-refractivity contribution in [3.8, 4) is 0 Å². The summed E-state index contributed by atoms with van der Waals surface area (Å²) >= 11 is 0. The fourth-order valence-electron chi connectivity index (χ4n) is 2.53. The summed E-state index contributed by atoms with van der Waals surface area (Å²) in [5.41, 5.74) is 0. The molecule has 0 radical (unpaired) electrons. The lowest BCUT2D eigenvalue weighted by Gasteiger charge is -2.32. The molecule has 0 amide bonds. The molecular weight excluding hydrogens is 248 g/mol. The molecule has 0 heterocycles. The van der Waals surface area contributed by atoms with Crippen LogP contribution < -0.4 is 10.0 Å². The molecular formula is C13H28N2O2S. The highest BCUT2D eigenvalue weighted by Crippen LogP contribution is 2.29. The minimum absolute atomic E-state index is 0.153. The summed E-state index contributed by atoms with van der Waals surface area (Å²) in [6, 6.07) is 0.153. The van der Waals surface area contributed by atoms with E-state index in [1.807, 2.05) is 6.92 Å². The monoisotopic (exact) mass is 276 g/mol. The summed E-state index contributed by atoms with van der Waals surface area (Å²) in [6.07, 6.45) is 3.78. The van der Waals surface area contributed by atoms with E-state index in [0.29, 0.717) is 12.3 Å². The summed E-state index contributed by atoms with van der Waals surface area (Å²) in [4.78, 5) is 0. The van der Waals surface area contributed by atoms with Gasteiger partial charge in [0.15, 0.2) is 0 Å². The van der Waals surface area contributed by atoms with Gasteiger partial charge in [-0.2, -0.15) is 0 Å². The van der Waals surface area contributed by atoms with Crippen molar-refractivity contribution in [1.29, 1.82) is 0 Å². The Morgan fingerprint density at radius 2 is 1.89 bits per heavy atom. The molecule has 0 aliphatic heterocycles. The van der Waals surface area contributed by atoms with Crippen molar-refractivity contribution < 1.29 is 8.42 Å². The zero-order valence-corrected chi connectivity index (χ0v) is 12.7. The molecule has 1 aliphatic rings. The lowest BCUT2D eigenvalue weighted by Crippen LogP contribution is -2.41. The van der Waals surface area contributed by atoms with Crippen molar-refractivity contribution in [2.75, 3.05) is 18.8 Å². The van der Waals surface area contributed by atoms with Crippen LogP contribution in [0.2, 0.25) is 0 Å². The summed E-state index contributed by atoms with van der Waals surface area (Å²) in [7, 11) is -3.09. The standard InChI is InChI=1S/C13H28N2O2S/c1-4-14-8-5-9-18(16,17)15-13-7-6-11(2)12(3)10-13/h11-15H,4-10H2,1-3H3. The summed E-state index contributed by atoms with van der Waals surface area (Å²) in [5.74, 6) is 1.58. The van der Waals surface area contributed by atoms with Gasteiger partial charge in [0.25, 0.3) is 0 Å². The van der Waals surface area contributed by atoms with Crippen molar-refractivity contribution in [2.24, 2.45) is 11.8 Å². The first kappa shape index (κ1) is 15.9. The van der Waals surface area contributed by atoms with E-state index >= 15 is 0 Å². The summed E-state index contributed by atoms with van der Waals surface area (Å²) in [6.45, 7) is 8.17. The molecule has 18 heavy (non-hydrogen) atoms. The van der Waals surface area contributed by atoms with Gasteiger partial charge < -0.3 is 5.32 Å². The molecule has 1 saturated carbocycles. The topological polar surface area (TPSA) is 58.2 Å². The Bertz CT molecular complexity index is 330. The molecule has 3 atom stereocenters. The molecule has 0 bridgehead atoms.